The van der Waals surface area contributed by atoms with Crippen molar-refractivity contribution in [3.8, 4) is 22.9 Å². The summed E-state index contributed by atoms with van der Waals surface area (Å²) in [6.07, 6.45) is 0.115. The normalized spacial score (nSPS) is 11.7. The summed E-state index contributed by atoms with van der Waals surface area (Å²) in [7, 11) is 4.47. The number of methoxy groups -OCH3 is 3. The van der Waals surface area contributed by atoms with Gasteiger partial charge in [-0.2, -0.15) is 4.98 Å². The second-order valence-corrected chi connectivity index (χ2v) is 6.78. The predicted octanol–water partition coefficient (Wildman–Crippen LogP) is 3.80. The fourth-order valence-electron chi connectivity index (χ4n) is 2.88. The van der Waals surface area contributed by atoms with E-state index >= 15 is 0 Å². The second kappa shape index (κ2) is 10.1. The summed E-state index contributed by atoms with van der Waals surface area (Å²) in [5, 5.41) is 7.89. The van der Waals surface area contributed by atoms with Gasteiger partial charge in [0.2, 0.25) is 11.7 Å². The zero-order valence-electron chi connectivity index (χ0n) is 16.8. The molecule has 0 amide bonds. The van der Waals surface area contributed by atoms with E-state index in [9.17, 15) is 4.79 Å². The number of halogens is 1. The lowest BCUT2D eigenvalue weighted by Gasteiger charge is -2.19. The third kappa shape index (κ3) is 5.28. The number of esters is 1. The van der Waals surface area contributed by atoms with Gasteiger partial charge >= 0.3 is 5.97 Å². The number of carbonyl (C=O) groups is 1. The van der Waals surface area contributed by atoms with Crippen molar-refractivity contribution in [2.24, 2.45) is 0 Å². The highest BCUT2D eigenvalue weighted by atomic mass is 35.5. The molecule has 0 fully saturated rings. The molecule has 1 aromatic heterocycles. The Hall–Kier alpha value is -3.10. The molecule has 0 saturated carbocycles. The van der Waals surface area contributed by atoms with Crippen LogP contribution in [0.15, 0.2) is 47.0 Å². The van der Waals surface area contributed by atoms with Crippen LogP contribution in [0.5, 0.6) is 11.5 Å². The number of ether oxygens (including phenoxy) is 3. The van der Waals surface area contributed by atoms with Crippen LogP contribution in [0.25, 0.3) is 11.4 Å². The highest BCUT2D eigenvalue weighted by molar-refractivity contribution is 6.30. The average Bonchev–Trinajstić information content (AvgIpc) is 3.25. The maximum Gasteiger partial charge on any atom is 0.307 e. The quantitative estimate of drug-likeness (QED) is 0.511. The first-order valence-electron chi connectivity index (χ1n) is 9.14. The summed E-state index contributed by atoms with van der Waals surface area (Å²) in [5.74, 6) is 1.65. The number of rotatable bonds is 9. The van der Waals surface area contributed by atoms with Gasteiger partial charge in [-0.25, -0.2) is 0 Å². The zero-order valence-corrected chi connectivity index (χ0v) is 17.6. The zero-order chi connectivity index (χ0) is 21.5. The number of benzene rings is 2. The Morgan fingerprint density at radius 2 is 1.83 bits per heavy atom. The van der Waals surface area contributed by atoms with Crippen LogP contribution in [-0.4, -0.2) is 37.4 Å². The van der Waals surface area contributed by atoms with E-state index in [4.69, 9.17) is 30.3 Å². The molecule has 0 aliphatic heterocycles. The van der Waals surface area contributed by atoms with Crippen molar-refractivity contribution in [3.63, 3.8) is 0 Å². The molecule has 1 heterocycles. The van der Waals surface area contributed by atoms with E-state index in [0.717, 1.165) is 11.1 Å². The number of nitrogens with zero attached hydrogens (tertiary/aromatic N) is 2. The monoisotopic (exact) mass is 431 g/mol. The number of aromatic nitrogens is 2. The van der Waals surface area contributed by atoms with Crippen LogP contribution >= 0.6 is 11.6 Å². The van der Waals surface area contributed by atoms with Crippen molar-refractivity contribution < 1.29 is 23.5 Å². The molecule has 1 atom stereocenters. The molecule has 3 aromatic rings. The molecule has 0 spiro atoms. The van der Waals surface area contributed by atoms with Crippen molar-refractivity contribution in [2.45, 2.75) is 19.0 Å². The molecule has 3 rings (SSSR count). The summed E-state index contributed by atoms with van der Waals surface area (Å²) in [6.45, 7) is 0.261. The van der Waals surface area contributed by atoms with Crippen LogP contribution in [0.2, 0.25) is 5.02 Å². The first-order valence-corrected chi connectivity index (χ1v) is 9.52. The Morgan fingerprint density at radius 1 is 1.10 bits per heavy atom. The fraction of sp³-hybridized carbons (Fsp3) is 0.286. The molecule has 8 nitrogen and oxygen atoms in total. The molecule has 0 aliphatic rings. The molecule has 0 bridgehead atoms. The molecule has 0 saturated heterocycles. The van der Waals surface area contributed by atoms with E-state index in [1.807, 2.05) is 24.3 Å². The molecule has 0 unspecified atom stereocenters. The Balaban J connectivity index is 1.76. The van der Waals surface area contributed by atoms with E-state index in [-0.39, 0.29) is 25.0 Å². The minimum absolute atomic E-state index is 0.115. The number of hydrogen-bond donors (Lipinski definition) is 1. The summed E-state index contributed by atoms with van der Waals surface area (Å²) in [6, 6.07) is 12.2. The van der Waals surface area contributed by atoms with Gasteiger partial charge in [0.1, 0.15) is 0 Å². The van der Waals surface area contributed by atoms with E-state index < -0.39 is 0 Å². The maximum atomic E-state index is 11.9. The fourth-order valence-corrected chi connectivity index (χ4v) is 3.01. The molecule has 9 heteroatoms. The van der Waals surface area contributed by atoms with Crippen molar-refractivity contribution in [1.82, 2.24) is 15.5 Å². The third-order valence-electron chi connectivity index (χ3n) is 4.48. The molecule has 0 aliphatic carbocycles. The van der Waals surface area contributed by atoms with Crippen LogP contribution in [0.3, 0.4) is 0 Å². The van der Waals surface area contributed by atoms with Crippen molar-refractivity contribution >= 4 is 17.6 Å². The summed E-state index contributed by atoms with van der Waals surface area (Å²) in [4.78, 5) is 16.3. The van der Waals surface area contributed by atoms with Gasteiger partial charge in [-0.3, -0.25) is 4.79 Å². The standard InChI is InChI=1S/C21H22ClN3O5/c1-27-17-9-6-14(10-18(17)28-2)16(11-20(26)29-3)23-12-19-24-21(25-30-19)13-4-7-15(22)8-5-13/h4-10,16,23H,11-12H2,1-3H3/t16-/m0/s1. The largest absolute Gasteiger partial charge is 0.493 e. The van der Waals surface area contributed by atoms with Gasteiger partial charge in [-0.1, -0.05) is 22.8 Å². The van der Waals surface area contributed by atoms with E-state index in [2.05, 4.69) is 15.5 Å². The van der Waals surface area contributed by atoms with Crippen LogP contribution in [-0.2, 0) is 16.1 Å². The van der Waals surface area contributed by atoms with Gasteiger partial charge in [-0.15, -0.1) is 0 Å². The first-order chi connectivity index (χ1) is 14.5. The van der Waals surface area contributed by atoms with Crippen molar-refractivity contribution in [3.05, 3.63) is 58.9 Å². The Kier molecular flexibility index (Phi) is 7.26. The molecular formula is C21H22ClN3O5. The van der Waals surface area contributed by atoms with E-state index in [0.29, 0.717) is 28.2 Å². The molecule has 2 aromatic carbocycles. The smallest absolute Gasteiger partial charge is 0.307 e. The van der Waals surface area contributed by atoms with Gasteiger partial charge in [0.05, 0.1) is 34.3 Å². The van der Waals surface area contributed by atoms with Crippen LogP contribution in [0.1, 0.15) is 23.9 Å². The lowest BCUT2D eigenvalue weighted by Crippen LogP contribution is -2.24. The van der Waals surface area contributed by atoms with Gasteiger partial charge in [0.25, 0.3) is 0 Å². The highest BCUT2D eigenvalue weighted by Crippen LogP contribution is 2.31. The van der Waals surface area contributed by atoms with Gasteiger partial charge < -0.3 is 24.1 Å². The lowest BCUT2D eigenvalue weighted by molar-refractivity contribution is -0.141. The predicted molar refractivity (Wildman–Crippen MR) is 111 cm³/mol. The molecule has 30 heavy (non-hydrogen) atoms. The summed E-state index contributed by atoms with van der Waals surface area (Å²) < 4.78 is 20.8. The third-order valence-corrected chi connectivity index (χ3v) is 4.73. The Bertz CT molecular complexity index is 991. The summed E-state index contributed by atoms with van der Waals surface area (Å²) in [5.41, 5.74) is 1.62. The number of carbonyl (C=O) groups excluding carboxylic acids is 1. The molecule has 0 radical (unpaired) electrons. The van der Waals surface area contributed by atoms with Crippen LogP contribution < -0.4 is 14.8 Å². The Morgan fingerprint density at radius 3 is 2.50 bits per heavy atom. The SMILES string of the molecule is COC(=O)C[C@H](NCc1nc(-c2ccc(Cl)cc2)no1)c1ccc(OC)c(OC)c1. The van der Waals surface area contributed by atoms with Crippen molar-refractivity contribution in [2.75, 3.05) is 21.3 Å². The first kappa shape index (κ1) is 21.6. The van der Waals surface area contributed by atoms with Crippen molar-refractivity contribution in [1.29, 1.82) is 0 Å². The second-order valence-electron chi connectivity index (χ2n) is 6.35. The van der Waals surface area contributed by atoms with E-state index in [1.165, 1.54) is 7.11 Å². The average molecular weight is 432 g/mol. The minimum atomic E-state index is -0.358. The van der Waals surface area contributed by atoms with Gasteiger partial charge in [-0.05, 0) is 42.0 Å². The minimum Gasteiger partial charge on any atom is -0.493 e. The maximum absolute atomic E-state index is 11.9. The Labute approximate surface area is 179 Å². The van der Waals surface area contributed by atoms with Gasteiger partial charge in [0, 0.05) is 16.6 Å². The lowest BCUT2D eigenvalue weighted by atomic mass is 10.0. The van der Waals surface area contributed by atoms with E-state index in [1.54, 1.807) is 32.4 Å². The topological polar surface area (TPSA) is 95.7 Å². The van der Waals surface area contributed by atoms with Gasteiger partial charge in [0.15, 0.2) is 11.5 Å². The molecule has 158 valence electrons. The number of nitrogens with one attached hydrogen (secondary N) is 1. The molecular weight excluding hydrogens is 410 g/mol. The summed E-state index contributed by atoms with van der Waals surface area (Å²) >= 11 is 5.91. The molecule has 1 N–H and O–H groups in total. The highest BCUT2D eigenvalue weighted by Gasteiger charge is 2.19. The number of hydrogen-bond acceptors (Lipinski definition) is 8. The van der Waals surface area contributed by atoms with Crippen LogP contribution in [0, 0.1) is 0 Å². The van der Waals surface area contributed by atoms with Crippen LogP contribution in [0.4, 0.5) is 0 Å².